The number of rotatable bonds is 5. The second kappa shape index (κ2) is 7.37. The van der Waals surface area contributed by atoms with Gasteiger partial charge in [-0.3, -0.25) is 0 Å². The van der Waals surface area contributed by atoms with E-state index in [1.807, 2.05) is 60.9 Å². The maximum atomic E-state index is 5.44. The van der Waals surface area contributed by atoms with Gasteiger partial charge in [0.1, 0.15) is 17.7 Å². The quantitative estimate of drug-likeness (QED) is 0.518. The minimum absolute atomic E-state index is 0.368. The van der Waals surface area contributed by atoms with E-state index >= 15 is 0 Å². The lowest BCUT2D eigenvalue weighted by atomic mass is 10.2. The average molecular weight is 361 g/mol. The molecule has 0 unspecified atom stereocenters. The zero-order valence-corrected chi connectivity index (χ0v) is 14.8. The Morgan fingerprint density at radius 2 is 1.81 bits per heavy atom. The van der Waals surface area contributed by atoms with Crippen molar-refractivity contribution in [1.29, 1.82) is 0 Å². The summed E-state index contributed by atoms with van der Waals surface area (Å²) in [6.07, 6.45) is 5.19. The fourth-order valence-electron chi connectivity index (χ4n) is 2.43. The first-order valence-electron chi connectivity index (χ1n) is 7.94. The van der Waals surface area contributed by atoms with E-state index in [0.717, 1.165) is 11.3 Å². The van der Waals surface area contributed by atoms with Gasteiger partial charge in [-0.1, -0.05) is 35.5 Å². The van der Waals surface area contributed by atoms with Crippen LogP contribution in [0.2, 0.25) is 0 Å². The Labute approximate surface area is 154 Å². The molecule has 0 radical (unpaired) electrons. The van der Waals surface area contributed by atoms with Gasteiger partial charge in [-0.2, -0.15) is 4.98 Å². The fourth-order valence-corrected chi connectivity index (χ4v) is 2.84. The minimum atomic E-state index is 0.368. The van der Waals surface area contributed by atoms with Crippen LogP contribution in [0.15, 0.2) is 76.5 Å². The van der Waals surface area contributed by atoms with Crippen molar-refractivity contribution in [1.82, 2.24) is 20.1 Å². The molecule has 0 bridgehead atoms. The third-order valence-electron chi connectivity index (χ3n) is 3.75. The molecule has 2 aromatic carbocycles. The zero-order valence-electron chi connectivity index (χ0n) is 14.0. The van der Waals surface area contributed by atoms with Gasteiger partial charge in [0.25, 0.3) is 5.89 Å². The van der Waals surface area contributed by atoms with E-state index in [0.29, 0.717) is 23.1 Å². The predicted molar refractivity (Wildman–Crippen MR) is 102 cm³/mol. The zero-order chi connectivity index (χ0) is 17.8. The first-order valence-corrected chi connectivity index (χ1v) is 9.16. The van der Waals surface area contributed by atoms with E-state index in [1.165, 1.54) is 11.2 Å². The van der Waals surface area contributed by atoms with Crippen LogP contribution in [-0.4, -0.2) is 26.4 Å². The van der Waals surface area contributed by atoms with Gasteiger partial charge in [0.2, 0.25) is 5.82 Å². The van der Waals surface area contributed by atoms with Crippen molar-refractivity contribution in [3.63, 3.8) is 0 Å². The predicted octanol–water partition coefficient (Wildman–Crippen LogP) is 4.66. The summed E-state index contributed by atoms with van der Waals surface area (Å²) in [5, 5.41) is 7.34. The minimum Gasteiger partial charge on any atom is -0.339 e. The van der Waals surface area contributed by atoms with Crippen LogP contribution < -0.4 is 5.32 Å². The molecule has 0 spiro atoms. The topological polar surface area (TPSA) is 76.7 Å². The van der Waals surface area contributed by atoms with Gasteiger partial charge in [0.05, 0.1) is 0 Å². The van der Waals surface area contributed by atoms with Crippen molar-refractivity contribution in [2.24, 2.45) is 0 Å². The van der Waals surface area contributed by atoms with Gasteiger partial charge < -0.3 is 9.84 Å². The molecule has 0 aliphatic heterocycles. The lowest BCUT2D eigenvalue weighted by Gasteiger charge is -2.08. The second-order valence-corrected chi connectivity index (χ2v) is 6.31. The average Bonchev–Trinajstić information content (AvgIpc) is 3.20. The second-order valence-electron chi connectivity index (χ2n) is 5.43. The third kappa shape index (κ3) is 3.43. The first-order chi connectivity index (χ1) is 12.8. The van der Waals surface area contributed by atoms with Crippen LogP contribution in [0, 0.1) is 0 Å². The van der Waals surface area contributed by atoms with Crippen LogP contribution >= 0.6 is 11.8 Å². The van der Waals surface area contributed by atoms with Gasteiger partial charge in [-0.15, -0.1) is 11.8 Å². The maximum absolute atomic E-state index is 5.44. The molecule has 0 atom stereocenters. The summed E-state index contributed by atoms with van der Waals surface area (Å²) in [4.78, 5) is 14.1. The van der Waals surface area contributed by atoms with E-state index in [4.69, 9.17) is 4.52 Å². The Morgan fingerprint density at radius 1 is 1.00 bits per heavy atom. The van der Waals surface area contributed by atoms with E-state index < -0.39 is 0 Å². The molecular formula is C19H15N5OS. The summed E-state index contributed by atoms with van der Waals surface area (Å²) in [6, 6.07) is 17.8. The van der Waals surface area contributed by atoms with Gasteiger partial charge in [0, 0.05) is 22.3 Å². The van der Waals surface area contributed by atoms with Crippen LogP contribution in [0.25, 0.3) is 22.8 Å². The number of nitrogens with one attached hydrogen (secondary N) is 1. The van der Waals surface area contributed by atoms with Crippen molar-refractivity contribution >= 4 is 23.3 Å². The molecule has 2 aromatic heterocycles. The highest BCUT2D eigenvalue weighted by molar-refractivity contribution is 7.98. The highest BCUT2D eigenvalue weighted by Gasteiger charge is 2.15. The monoisotopic (exact) mass is 361 g/mol. The van der Waals surface area contributed by atoms with Crippen LogP contribution in [0.4, 0.5) is 11.5 Å². The van der Waals surface area contributed by atoms with E-state index in [2.05, 4.69) is 25.4 Å². The number of nitrogens with zero attached hydrogens (tertiary/aromatic N) is 4. The molecule has 6 nitrogen and oxygen atoms in total. The standard InChI is InChI=1S/C19H15N5OS/c1-26-15-9-7-14(8-10-15)22-18-16(11-20-12-21-18)19-23-17(24-25-19)13-5-3-2-4-6-13/h2-12H,1H3,(H,20,21,22). The Morgan fingerprint density at radius 3 is 2.58 bits per heavy atom. The van der Waals surface area contributed by atoms with E-state index in [-0.39, 0.29) is 0 Å². The number of anilines is 2. The molecule has 128 valence electrons. The lowest BCUT2D eigenvalue weighted by Crippen LogP contribution is -1.97. The first kappa shape index (κ1) is 16.3. The lowest BCUT2D eigenvalue weighted by molar-refractivity contribution is 0.432. The summed E-state index contributed by atoms with van der Waals surface area (Å²) in [7, 11) is 0. The molecule has 2 heterocycles. The number of hydrogen-bond acceptors (Lipinski definition) is 7. The molecule has 0 fully saturated rings. The normalized spacial score (nSPS) is 10.7. The van der Waals surface area contributed by atoms with Crippen LogP contribution in [0.3, 0.4) is 0 Å². The largest absolute Gasteiger partial charge is 0.339 e. The molecule has 1 N–H and O–H groups in total. The van der Waals surface area contributed by atoms with Crippen molar-refractivity contribution in [2.75, 3.05) is 11.6 Å². The van der Waals surface area contributed by atoms with Gasteiger partial charge in [-0.25, -0.2) is 9.97 Å². The van der Waals surface area contributed by atoms with Crippen molar-refractivity contribution in [3.05, 3.63) is 67.1 Å². The number of benzene rings is 2. The Bertz CT molecular complexity index is 1000. The molecule has 7 heteroatoms. The Kier molecular flexibility index (Phi) is 4.61. The molecule has 26 heavy (non-hydrogen) atoms. The van der Waals surface area contributed by atoms with E-state index in [9.17, 15) is 0 Å². The Hall–Kier alpha value is -3.19. The summed E-state index contributed by atoms with van der Waals surface area (Å²) in [6.45, 7) is 0. The highest BCUT2D eigenvalue weighted by Crippen LogP contribution is 2.28. The fraction of sp³-hybridized carbons (Fsp3) is 0.0526. The Balaban J connectivity index is 1.64. The van der Waals surface area contributed by atoms with Gasteiger partial charge in [-0.05, 0) is 30.5 Å². The molecule has 0 saturated heterocycles. The molecule has 0 aliphatic carbocycles. The summed E-state index contributed by atoms with van der Waals surface area (Å²) >= 11 is 1.70. The van der Waals surface area contributed by atoms with Gasteiger partial charge in [0.15, 0.2) is 0 Å². The smallest absolute Gasteiger partial charge is 0.263 e. The molecule has 0 aliphatic rings. The summed E-state index contributed by atoms with van der Waals surface area (Å²) < 4.78 is 5.44. The van der Waals surface area contributed by atoms with Crippen LogP contribution in [0.1, 0.15) is 0 Å². The maximum Gasteiger partial charge on any atom is 0.263 e. The van der Waals surface area contributed by atoms with Crippen molar-refractivity contribution in [2.45, 2.75) is 4.90 Å². The number of thioether (sulfide) groups is 1. The molecule has 4 rings (SSSR count). The molecule has 0 saturated carbocycles. The third-order valence-corrected chi connectivity index (χ3v) is 4.50. The SMILES string of the molecule is CSc1ccc(Nc2ncncc2-c2nc(-c3ccccc3)no2)cc1. The van der Waals surface area contributed by atoms with Crippen LogP contribution in [-0.2, 0) is 0 Å². The van der Waals surface area contributed by atoms with Crippen molar-refractivity contribution in [3.8, 4) is 22.8 Å². The highest BCUT2D eigenvalue weighted by atomic mass is 32.2. The number of aromatic nitrogens is 4. The molecule has 0 amide bonds. The summed E-state index contributed by atoms with van der Waals surface area (Å²) in [5.74, 6) is 1.51. The summed E-state index contributed by atoms with van der Waals surface area (Å²) in [5.41, 5.74) is 2.46. The van der Waals surface area contributed by atoms with Crippen LogP contribution in [0.5, 0.6) is 0 Å². The van der Waals surface area contributed by atoms with E-state index in [1.54, 1.807) is 18.0 Å². The molecular weight excluding hydrogens is 346 g/mol. The van der Waals surface area contributed by atoms with Crippen molar-refractivity contribution < 1.29 is 4.52 Å². The number of hydrogen-bond donors (Lipinski definition) is 1. The van der Waals surface area contributed by atoms with Gasteiger partial charge >= 0.3 is 0 Å². The molecule has 4 aromatic rings.